The maximum atomic E-state index is 10.8. The lowest BCUT2D eigenvalue weighted by Crippen LogP contribution is -2.26. The van der Waals surface area contributed by atoms with Crippen molar-refractivity contribution in [2.24, 2.45) is 0 Å². The molecule has 1 heterocycles. The van der Waals surface area contributed by atoms with Crippen LogP contribution in [0.5, 0.6) is 5.88 Å². The van der Waals surface area contributed by atoms with Crippen LogP contribution < -0.4 is 9.64 Å². The summed E-state index contributed by atoms with van der Waals surface area (Å²) in [5, 5.41) is 8.91. The first-order valence-corrected chi connectivity index (χ1v) is 6.70. The van der Waals surface area contributed by atoms with Gasteiger partial charge in [-0.25, -0.2) is 4.98 Å². The number of aliphatic carboxylic acids is 1. The predicted octanol–water partition coefficient (Wildman–Crippen LogP) is 2.57. The van der Waals surface area contributed by atoms with Crippen molar-refractivity contribution >= 4 is 11.7 Å². The van der Waals surface area contributed by atoms with Crippen LogP contribution >= 0.6 is 0 Å². The molecule has 0 spiro atoms. The van der Waals surface area contributed by atoms with Crippen molar-refractivity contribution in [3.8, 4) is 5.88 Å². The summed E-state index contributed by atoms with van der Waals surface area (Å²) in [7, 11) is 1.58. The fraction of sp³-hybridized carbons (Fsp3) is 0.250. The van der Waals surface area contributed by atoms with E-state index < -0.39 is 5.97 Å². The molecule has 0 aliphatic heterocycles. The Morgan fingerprint density at radius 1 is 1.24 bits per heavy atom. The molecule has 5 nitrogen and oxygen atoms in total. The lowest BCUT2D eigenvalue weighted by Gasteiger charge is -2.24. The van der Waals surface area contributed by atoms with Crippen molar-refractivity contribution in [2.75, 3.05) is 18.6 Å². The second-order valence-electron chi connectivity index (χ2n) is 4.57. The van der Waals surface area contributed by atoms with Crippen molar-refractivity contribution in [2.45, 2.75) is 13.0 Å². The molecule has 110 valence electrons. The van der Waals surface area contributed by atoms with Crippen molar-refractivity contribution in [3.05, 3.63) is 54.2 Å². The Kier molecular flexibility index (Phi) is 5.15. The number of rotatable bonds is 7. The number of benzene rings is 1. The van der Waals surface area contributed by atoms with Crippen LogP contribution in [-0.2, 0) is 11.3 Å². The summed E-state index contributed by atoms with van der Waals surface area (Å²) in [6.45, 7) is 0.978. The lowest BCUT2D eigenvalue weighted by molar-refractivity contribution is -0.136. The third kappa shape index (κ3) is 4.21. The minimum atomic E-state index is -0.811. The van der Waals surface area contributed by atoms with Crippen molar-refractivity contribution in [1.29, 1.82) is 0 Å². The minimum Gasteiger partial charge on any atom is -0.481 e. The first-order chi connectivity index (χ1) is 10.2. The molecule has 1 aromatic carbocycles. The fourth-order valence-electron chi connectivity index (χ4n) is 2.10. The first-order valence-electron chi connectivity index (χ1n) is 6.70. The zero-order chi connectivity index (χ0) is 15.1. The molecular weight excluding hydrogens is 268 g/mol. The summed E-state index contributed by atoms with van der Waals surface area (Å²) in [6.07, 6.45) is 1.75. The van der Waals surface area contributed by atoms with Gasteiger partial charge in [0.2, 0.25) is 5.88 Å². The third-order valence-corrected chi connectivity index (χ3v) is 3.12. The summed E-state index contributed by atoms with van der Waals surface area (Å²) in [5.41, 5.74) is 1.90. The van der Waals surface area contributed by atoms with Crippen LogP contribution in [0.4, 0.5) is 5.69 Å². The number of pyridine rings is 1. The Morgan fingerprint density at radius 2 is 2.00 bits per heavy atom. The van der Waals surface area contributed by atoms with E-state index in [9.17, 15) is 4.79 Å². The number of carboxylic acid groups (broad SMARTS) is 1. The smallest absolute Gasteiger partial charge is 0.305 e. The highest BCUT2D eigenvalue weighted by atomic mass is 16.5. The SMILES string of the molecule is COc1ncccc1CN(CCC(=O)O)c1ccccc1. The van der Waals surface area contributed by atoms with Crippen LogP contribution in [0.3, 0.4) is 0 Å². The second kappa shape index (κ2) is 7.28. The molecule has 21 heavy (non-hydrogen) atoms. The van der Waals surface area contributed by atoms with Gasteiger partial charge in [-0.05, 0) is 18.2 Å². The summed E-state index contributed by atoms with van der Waals surface area (Å²) in [4.78, 5) is 17.0. The van der Waals surface area contributed by atoms with Crippen molar-refractivity contribution < 1.29 is 14.6 Å². The van der Waals surface area contributed by atoms with E-state index in [0.29, 0.717) is 19.0 Å². The molecule has 0 fully saturated rings. The number of hydrogen-bond acceptors (Lipinski definition) is 4. The molecule has 0 atom stereocenters. The van der Waals surface area contributed by atoms with E-state index in [-0.39, 0.29) is 6.42 Å². The first kappa shape index (κ1) is 14.8. The number of aromatic nitrogens is 1. The van der Waals surface area contributed by atoms with E-state index in [1.165, 1.54) is 0 Å². The molecule has 0 aliphatic rings. The van der Waals surface area contributed by atoms with E-state index in [1.54, 1.807) is 13.3 Å². The standard InChI is InChI=1S/C16H18N2O3/c1-21-16-13(6-5-10-17-16)12-18(11-9-15(19)20)14-7-3-2-4-8-14/h2-8,10H,9,11-12H2,1H3,(H,19,20). The second-order valence-corrected chi connectivity index (χ2v) is 4.57. The molecule has 2 aromatic rings. The van der Waals surface area contributed by atoms with Gasteiger partial charge in [0.25, 0.3) is 0 Å². The van der Waals surface area contributed by atoms with Gasteiger partial charge in [-0.1, -0.05) is 24.3 Å². The highest BCUT2D eigenvalue weighted by Crippen LogP contribution is 2.21. The molecule has 2 rings (SSSR count). The number of hydrogen-bond donors (Lipinski definition) is 1. The van der Waals surface area contributed by atoms with Crippen LogP contribution in [0.15, 0.2) is 48.7 Å². The third-order valence-electron chi connectivity index (χ3n) is 3.12. The molecular formula is C16H18N2O3. The van der Waals surface area contributed by atoms with Gasteiger partial charge >= 0.3 is 5.97 Å². The van der Waals surface area contributed by atoms with Crippen LogP contribution in [0.25, 0.3) is 0 Å². The van der Waals surface area contributed by atoms with E-state index in [0.717, 1.165) is 11.3 Å². The summed E-state index contributed by atoms with van der Waals surface area (Å²) >= 11 is 0. The highest BCUT2D eigenvalue weighted by Gasteiger charge is 2.12. The predicted molar refractivity (Wildman–Crippen MR) is 80.5 cm³/mol. The summed E-state index contributed by atoms with van der Waals surface area (Å²) < 4.78 is 5.25. The van der Waals surface area contributed by atoms with Gasteiger partial charge in [-0.3, -0.25) is 4.79 Å². The van der Waals surface area contributed by atoms with Crippen LogP contribution in [0.2, 0.25) is 0 Å². The topological polar surface area (TPSA) is 62.7 Å². The monoisotopic (exact) mass is 286 g/mol. The number of carbonyl (C=O) groups is 1. The molecule has 0 amide bonds. The van der Waals surface area contributed by atoms with Gasteiger partial charge < -0.3 is 14.7 Å². The molecule has 0 unspecified atom stereocenters. The summed E-state index contributed by atoms with van der Waals surface area (Å²) in [5.74, 6) is -0.247. The molecule has 1 N–H and O–H groups in total. The number of ether oxygens (including phenoxy) is 1. The number of methoxy groups -OCH3 is 1. The zero-order valence-electron chi connectivity index (χ0n) is 11.9. The average Bonchev–Trinajstić information content (AvgIpc) is 2.52. The van der Waals surface area contributed by atoms with Gasteiger partial charge in [0.15, 0.2) is 0 Å². The highest BCUT2D eigenvalue weighted by molar-refractivity contribution is 5.67. The van der Waals surface area contributed by atoms with E-state index in [4.69, 9.17) is 9.84 Å². The quantitative estimate of drug-likeness (QED) is 0.847. The largest absolute Gasteiger partial charge is 0.481 e. The molecule has 0 radical (unpaired) electrons. The van der Waals surface area contributed by atoms with Gasteiger partial charge in [0.05, 0.1) is 13.5 Å². The number of carboxylic acids is 1. The zero-order valence-corrected chi connectivity index (χ0v) is 11.9. The molecule has 0 aliphatic carbocycles. The molecule has 1 aromatic heterocycles. The number of nitrogens with zero attached hydrogens (tertiary/aromatic N) is 2. The Labute approximate surface area is 123 Å². The summed E-state index contributed by atoms with van der Waals surface area (Å²) in [6, 6.07) is 13.5. The van der Waals surface area contributed by atoms with Gasteiger partial charge in [0.1, 0.15) is 0 Å². The Bertz CT molecular complexity index is 587. The minimum absolute atomic E-state index is 0.0808. The fourth-order valence-corrected chi connectivity index (χ4v) is 2.10. The maximum absolute atomic E-state index is 10.8. The van der Waals surface area contributed by atoms with E-state index >= 15 is 0 Å². The molecule has 0 saturated carbocycles. The lowest BCUT2D eigenvalue weighted by atomic mass is 10.2. The van der Waals surface area contributed by atoms with Crippen LogP contribution in [0, 0.1) is 0 Å². The molecule has 0 saturated heterocycles. The van der Waals surface area contributed by atoms with E-state index in [2.05, 4.69) is 4.98 Å². The molecule has 0 bridgehead atoms. The van der Waals surface area contributed by atoms with Gasteiger partial charge in [0, 0.05) is 30.5 Å². The number of para-hydroxylation sites is 1. The number of anilines is 1. The van der Waals surface area contributed by atoms with Gasteiger partial charge in [-0.15, -0.1) is 0 Å². The average molecular weight is 286 g/mol. The Balaban J connectivity index is 2.21. The van der Waals surface area contributed by atoms with Crippen molar-refractivity contribution in [3.63, 3.8) is 0 Å². The van der Waals surface area contributed by atoms with Gasteiger partial charge in [-0.2, -0.15) is 0 Å². The van der Waals surface area contributed by atoms with Crippen LogP contribution in [-0.4, -0.2) is 29.7 Å². The normalized spacial score (nSPS) is 10.1. The van der Waals surface area contributed by atoms with Crippen molar-refractivity contribution in [1.82, 2.24) is 4.98 Å². The van der Waals surface area contributed by atoms with E-state index in [1.807, 2.05) is 47.4 Å². The molecule has 5 heteroatoms. The Hall–Kier alpha value is -2.56. The van der Waals surface area contributed by atoms with Crippen LogP contribution in [0.1, 0.15) is 12.0 Å². The Morgan fingerprint density at radius 3 is 2.67 bits per heavy atom. The maximum Gasteiger partial charge on any atom is 0.305 e.